The van der Waals surface area contributed by atoms with E-state index in [-0.39, 0.29) is 16.9 Å². The number of carbonyl (C=O) groups excluding carboxylic acids is 1. The number of nitrogens with zero attached hydrogens (tertiary/aromatic N) is 1. The van der Waals surface area contributed by atoms with Crippen LogP contribution in [0.3, 0.4) is 0 Å². The van der Waals surface area contributed by atoms with Crippen LogP contribution in [-0.2, 0) is 0 Å². The predicted octanol–water partition coefficient (Wildman–Crippen LogP) is 2.23. The van der Waals surface area contributed by atoms with Gasteiger partial charge in [-0.2, -0.15) is 0 Å². The smallest absolute Gasteiger partial charge is 0.334 e. The van der Waals surface area contributed by atoms with Crippen LogP contribution in [0, 0.1) is 0 Å². The van der Waals surface area contributed by atoms with Crippen molar-refractivity contribution in [1.29, 1.82) is 0 Å². The summed E-state index contributed by atoms with van der Waals surface area (Å²) in [5.74, 6) is 0. The Morgan fingerprint density at radius 2 is 2.17 bits per heavy atom. The highest BCUT2D eigenvalue weighted by molar-refractivity contribution is 5.89. The number of amides is 2. The predicted molar refractivity (Wildman–Crippen MR) is 69.1 cm³/mol. The Labute approximate surface area is 106 Å². The van der Waals surface area contributed by atoms with Gasteiger partial charge in [-0.3, -0.25) is 0 Å². The van der Waals surface area contributed by atoms with Crippen molar-refractivity contribution in [2.75, 3.05) is 18.2 Å². The zero-order valence-corrected chi connectivity index (χ0v) is 10.2. The molecule has 5 heteroatoms. The lowest BCUT2D eigenvalue weighted by Crippen LogP contribution is -2.46. The third-order valence-electron chi connectivity index (χ3n) is 3.07. The van der Waals surface area contributed by atoms with Gasteiger partial charge in [0, 0.05) is 12.6 Å². The molecule has 0 radical (unpaired) electrons. The zero-order chi connectivity index (χ0) is 12.8. The van der Waals surface area contributed by atoms with Crippen LogP contribution in [0.2, 0.25) is 0 Å². The molecule has 0 bridgehead atoms. The van der Waals surface area contributed by atoms with Crippen molar-refractivity contribution in [1.82, 2.24) is 10.6 Å². The third kappa shape index (κ3) is 3.43. The average Bonchev–Trinajstić information content (AvgIpc) is 2.46. The molecule has 1 atom stereocenters. The quantitative estimate of drug-likeness (QED) is 0.809. The summed E-state index contributed by atoms with van der Waals surface area (Å²) in [4.78, 5) is 11.6. The molecule has 2 N–H and O–H groups in total. The summed E-state index contributed by atoms with van der Waals surface area (Å²) < 4.78 is 13.7. The van der Waals surface area contributed by atoms with Crippen LogP contribution in [-0.4, -0.2) is 25.2 Å². The van der Waals surface area contributed by atoms with Gasteiger partial charge in [-0.1, -0.05) is 29.1 Å². The summed E-state index contributed by atoms with van der Waals surface area (Å²) in [6.07, 6.45) is 3.35. The third-order valence-corrected chi connectivity index (χ3v) is 3.07. The highest BCUT2D eigenvalue weighted by atomic mass is 19.2. The normalized spacial score (nSPS) is 19.3. The number of urea groups is 1. The fraction of sp³-hybridized carbons (Fsp3) is 0.462. The average molecular weight is 251 g/mol. The molecule has 1 aliphatic heterocycles. The van der Waals surface area contributed by atoms with Gasteiger partial charge in [-0.15, -0.1) is 5.12 Å². The van der Waals surface area contributed by atoms with E-state index in [1.807, 2.05) is 0 Å². The summed E-state index contributed by atoms with van der Waals surface area (Å²) in [6.45, 7) is 1.44. The molecular weight excluding hydrogens is 233 g/mol. The van der Waals surface area contributed by atoms with E-state index in [1.165, 1.54) is 6.42 Å². The number of nitrogens with one attached hydrogen (secondary N) is 2. The first-order chi connectivity index (χ1) is 8.77. The van der Waals surface area contributed by atoms with Crippen molar-refractivity contribution in [3.63, 3.8) is 0 Å². The molecule has 1 aliphatic rings. The van der Waals surface area contributed by atoms with Crippen molar-refractivity contribution >= 4 is 11.7 Å². The van der Waals surface area contributed by atoms with E-state index in [2.05, 4.69) is 10.6 Å². The van der Waals surface area contributed by atoms with E-state index in [9.17, 15) is 9.28 Å². The molecule has 1 fully saturated rings. The Balaban J connectivity index is 1.80. The van der Waals surface area contributed by atoms with Crippen molar-refractivity contribution < 1.29 is 9.28 Å². The SMILES string of the molecule is O=C(NCC1CCCCN1)N(F)c1ccccc1. The number of hydrogen-bond donors (Lipinski definition) is 2. The highest BCUT2D eigenvalue weighted by Gasteiger charge is 2.17. The standard InChI is InChI=1S/C13H18FN3O/c14-17(12-7-2-1-3-8-12)13(18)16-10-11-6-4-5-9-15-11/h1-3,7-8,11,15H,4-6,9-10H2,(H,16,18). The topological polar surface area (TPSA) is 44.4 Å². The first-order valence-corrected chi connectivity index (χ1v) is 6.29. The number of benzene rings is 1. The van der Waals surface area contributed by atoms with E-state index >= 15 is 0 Å². The second-order valence-electron chi connectivity index (χ2n) is 4.45. The van der Waals surface area contributed by atoms with Gasteiger partial charge in [0.2, 0.25) is 0 Å². The van der Waals surface area contributed by atoms with Crippen molar-refractivity contribution in [2.45, 2.75) is 25.3 Å². The van der Waals surface area contributed by atoms with Crippen LogP contribution in [0.5, 0.6) is 0 Å². The van der Waals surface area contributed by atoms with Gasteiger partial charge in [0.15, 0.2) is 0 Å². The molecule has 18 heavy (non-hydrogen) atoms. The van der Waals surface area contributed by atoms with E-state index in [0.717, 1.165) is 19.4 Å². The van der Waals surface area contributed by atoms with Crippen LogP contribution in [0.15, 0.2) is 30.3 Å². The Hall–Kier alpha value is -1.62. The molecule has 98 valence electrons. The number of anilines is 1. The van der Waals surface area contributed by atoms with Crippen molar-refractivity contribution in [3.05, 3.63) is 30.3 Å². The second-order valence-corrected chi connectivity index (χ2v) is 4.45. The molecule has 1 aromatic carbocycles. The van der Waals surface area contributed by atoms with Gasteiger partial charge in [0.05, 0.1) is 5.69 Å². The van der Waals surface area contributed by atoms with Crippen LogP contribution in [0.25, 0.3) is 0 Å². The molecule has 0 spiro atoms. The monoisotopic (exact) mass is 251 g/mol. The highest BCUT2D eigenvalue weighted by Crippen LogP contribution is 2.13. The molecule has 1 aromatic rings. The summed E-state index contributed by atoms with van der Waals surface area (Å²) in [7, 11) is 0. The second kappa shape index (κ2) is 6.35. The van der Waals surface area contributed by atoms with Gasteiger partial charge in [0.1, 0.15) is 0 Å². The van der Waals surface area contributed by atoms with E-state index in [4.69, 9.17) is 0 Å². The summed E-state index contributed by atoms with van der Waals surface area (Å²) in [6, 6.07) is 7.81. The van der Waals surface area contributed by atoms with Crippen molar-refractivity contribution in [2.24, 2.45) is 0 Å². The Kier molecular flexibility index (Phi) is 4.52. The summed E-state index contributed by atoms with van der Waals surface area (Å²) in [5, 5.41) is 6.04. The molecule has 0 aliphatic carbocycles. The minimum atomic E-state index is -0.714. The molecule has 1 saturated heterocycles. The Morgan fingerprint density at radius 3 is 2.83 bits per heavy atom. The van der Waals surface area contributed by atoms with E-state index in [0.29, 0.717) is 6.54 Å². The number of halogens is 1. The number of para-hydroxylation sites is 1. The number of hydrogen-bond acceptors (Lipinski definition) is 2. The molecule has 2 amide bonds. The fourth-order valence-electron chi connectivity index (χ4n) is 2.05. The van der Waals surface area contributed by atoms with Gasteiger partial charge in [-0.25, -0.2) is 4.79 Å². The summed E-state index contributed by atoms with van der Waals surface area (Å²) in [5.41, 5.74) is 0.242. The minimum Gasteiger partial charge on any atom is -0.334 e. The van der Waals surface area contributed by atoms with Crippen molar-refractivity contribution in [3.8, 4) is 0 Å². The number of rotatable bonds is 3. The van der Waals surface area contributed by atoms with E-state index < -0.39 is 6.03 Å². The largest absolute Gasteiger partial charge is 0.350 e. The first-order valence-electron chi connectivity index (χ1n) is 6.29. The lowest BCUT2D eigenvalue weighted by Gasteiger charge is -2.24. The van der Waals surface area contributed by atoms with Crippen LogP contribution >= 0.6 is 0 Å². The molecule has 1 heterocycles. The molecule has 1 unspecified atom stereocenters. The molecule has 4 nitrogen and oxygen atoms in total. The van der Waals surface area contributed by atoms with Gasteiger partial charge in [0.25, 0.3) is 0 Å². The van der Waals surface area contributed by atoms with Crippen LogP contribution < -0.4 is 15.8 Å². The fourth-order valence-corrected chi connectivity index (χ4v) is 2.05. The maximum absolute atomic E-state index is 13.7. The van der Waals surface area contributed by atoms with Gasteiger partial charge >= 0.3 is 6.03 Å². The van der Waals surface area contributed by atoms with E-state index in [1.54, 1.807) is 30.3 Å². The summed E-state index contributed by atoms with van der Waals surface area (Å²) >= 11 is 0. The minimum absolute atomic E-state index is 0.142. The Morgan fingerprint density at radius 1 is 1.39 bits per heavy atom. The molecule has 0 aromatic heterocycles. The maximum Gasteiger partial charge on any atom is 0.350 e. The number of carbonyl (C=O) groups is 1. The van der Waals surface area contributed by atoms with Crippen LogP contribution in [0.4, 0.5) is 15.0 Å². The van der Waals surface area contributed by atoms with Gasteiger partial charge < -0.3 is 10.6 Å². The van der Waals surface area contributed by atoms with Gasteiger partial charge in [-0.05, 0) is 31.5 Å². The lowest BCUT2D eigenvalue weighted by molar-refractivity contribution is 0.231. The zero-order valence-electron chi connectivity index (χ0n) is 10.2. The molecule has 2 rings (SSSR count). The Bertz CT molecular complexity index is 379. The molecule has 0 saturated carbocycles. The first kappa shape index (κ1) is 12.8. The maximum atomic E-state index is 13.7. The lowest BCUT2D eigenvalue weighted by atomic mass is 10.1. The number of piperidine rings is 1. The van der Waals surface area contributed by atoms with Crippen LogP contribution in [0.1, 0.15) is 19.3 Å². The molecular formula is C13H18FN3O.